The first-order chi connectivity index (χ1) is 15.9. The van der Waals surface area contributed by atoms with Crippen LogP contribution in [0, 0.1) is 18.3 Å². The third-order valence-corrected chi connectivity index (χ3v) is 5.28. The van der Waals surface area contributed by atoms with E-state index in [1.165, 1.54) is 6.08 Å². The molecule has 0 aliphatic rings. The minimum atomic E-state index is -0.616. The molecule has 0 fully saturated rings. The Morgan fingerprint density at radius 3 is 2.36 bits per heavy atom. The molecule has 0 saturated carbocycles. The Balaban J connectivity index is 1.59. The maximum Gasteiger partial charge on any atom is 0.266 e. The van der Waals surface area contributed by atoms with Crippen molar-refractivity contribution in [1.29, 1.82) is 5.26 Å². The van der Waals surface area contributed by atoms with Gasteiger partial charge in [0.1, 0.15) is 17.4 Å². The van der Waals surface area contributed by atoms with Gasteiger partial charge in [0, 0.05) is 5.69 Å². The van der Waals surface area contributed by atoms with E-state index < -0.39 is 5.91 Å². The van der Waals surface area contributed by atoms with Gasteiger partial charge in [0.2, 0.25) is 0 Å². The molecule has 0 spiro atoms. The first kappa shape index (κ1) is 23.9. The Morgan fingerprint density at radius 1 is 1.00 bits per heavy atom. The minimum absolute atomic E-state index is 0.114. The summed E-state index contributed by atoms with van der Waals surface area (Å²) in [4.78, 5) is 24.5. The van der Waals surface area contributed by atoms with Gasteiger partial charge in [-0.25, -0.2) is 0 Å². The topological polar surface area (TPSA) is 91.2 Å². The molecule has 2 N–H and O–H groups in total. The lowest BCUT2D eigenvalue weighted by molar-refractivity contribution is -0.118. The van der Waals surface area contributed by atoms with Crippen molar-refractivity contribution in [3.05, 3.63) is 93.5 Å². The van der Waals surface area contributed by atoms with Crippen molar-refractivity contribution in [2.45, 2.75) is 6.92 Å². The lowest BCUT2D eigenvalue weighted by atomic mass is 10.1. The van der Waals surface area contributed by atoms with Crippen LogP contribution in [0.2, 0.25) is 10.0 Å². The van der Waals surface area contributed by atoms with Gasteiger partial charge in [-0.15, -0.1) is 0 Å². The summed E-state index contributed by atoms with van der Waals surface area (Å²) >= 11 is 12.0. The third-order valence-electron chi connectivity index (χ3n) is 4.46. The van der Waals surface area contributed by atoms with E-state index >= 15 is 0 Å². The number of carbonyl (C=O) groups is 2. The van der Waals surface area contributed by atoms with Crippen molar-refractivity contribution in [3.8, 4) is 11.8 Å². The molecule has 33 heavy (non-hydrogen) atoms. The van der Waals surface area contributed by atoms with Gasteiger partial charge >= 0.3 is 0 Å². The van der Waals surface area contributed by atoms with E-state index in [9.17, 15) is 14.9 Å². The summed E-state index contributed by atoms with van der Waals surface area (Å²) in [5.74, 6) is -0.430. The number of amides is 2. The molecular weight excluding hydrogens is 461 g/mol. The molecule has 0 aliphatic heterocycles. The zero-order valence-electron chi connectivity index (χ0n) is 17.6. The number of carbonyl (C=O) groups excluding carboxylic acids is 2. The van der Waals surface area contributed by atoms with Crippen LogP contribution in [0.25, 0.3) is 6.08 Å². The van der Waals surface area contributed by atoms with Crippen molar-refractivity contribution in [2.24, 2.45) is 0 Å². The monoisotopic (exact) mass is 479 g/mol. The second-order valence-electron chi connectivity index (χ2n) is 7.00. The summed E-state index contributed by atoms with van der Waals surface area (Å²) in [5, 5.41) is 15.2. The summed E-state index contributed by atoms with van der Waals surface area (Å²) in [6.07, 6.45) is 1.43. The van der Waals surface area contributed by atoms with Crippen molar-refractivity contribution in [3.63, 3.8) is 0 Å². The Labute approximate surface area is 201 Å². The maximum atomic E-state index is 12.5. The van der Waals surface area contributed by atoms with Crippen LogP contribution in [-0.4, -0.2) is 18.4 Å². The lowest BCUT2D eigenvalue weighted by Gasteiger charge is -2.09. The van der Waals surface area contributed by atoms with Crippen molar-refractivity contribution >= 4 is 52.5 Å². The van der Waals surface area contributed by atoms with Gasteiger partial charge in [0.05, 0.1) is 15.7 Å². The molecule has 0 bridgehead atoms. The van der Waals surface area contributed by atoms with Gasteiger partial charge in [-0.05, 0) is 55.0 Å². The number of ether oxygens (including phenoxy) is 1. The van der Waals surface area contributed by atoms with Gasteiger partial charge in [0.15, 0.2) is 6.61 Å². The Hall–Kier alpha value is -3.79. The maximum absolute atomic E-state index is 12.5. The highest BCUT2D eigenvalue weighted by Crippen LogP contribution is 2.29. The molecule has 8 heteroatoms. The minimum Gasteiger partial charge on any atom is -0.484 e. The van der Waals surface area contributed by atoms with Gasteiger partial charge < -0.3 is 15.4 Å². The molecule has 0 radical (unpaired) electrons. The van der Waals surface area contributed by atoms with E-state index in [0.717, 1.165) is 5.56 Å². The number of aryl methyl sites for hydroxylation is 1. The van der Waals surface area contributed by atoms with E-state index in [1.807, 2.05) is 37.3 Å². The number of halogens is 2. The lowest BCUT2D eigenvalue weighted by Crippen LogP contribution is -2.20. The molecule has 0 atom stereocenters. The average molecular weight is 480 g/mol. The van der Waals surface area contributed by atoms with E-state index in [2.05, 4.69) is 10.6 Å². The standard InChI is InChI=1S/C25H19Cl2N3O3/c1-16-5-9-19(10-6-16)29-23(31)15-33-20-11-7-17(8-12-20)13-18(14-28)25(32)30-22-4-2-3-21(26)24(22)27/h2-13H,15H2,1H3,(H,29,31)(H,30,32)/b18-13+. The van der Waals surface area contributed by atoms with Crippen LogP contribution in [0.4, 0.5) is 11.4 Å². The number of nitriles is 1. The van der Waals surface area contributed by atoms with Crippen LogP contribution in [0.5, 0.6) is 5.75 Å². The average Bonchev–Trinajstić information content (AvgIpc) is 2.81. The second kappa shape index (κ2) is 11.2. The molecule has 0 aliphatic carbocycles. The predicted octanol–water partition coefficient (Wildman–Crippen LogP) is 5.87. The van der Waals surface area contributed by atoms with Crippen LogP contribution in [0.3, 0.4) is 0 Å². The molecule has 6 nitrogen and oxygen atoms in total. The predicted molar refractivity (Wildman–Crippen MR) is 130 cm³/mol. The van der Waals surface area contributed by atoms with Gasteiger partial charge in [0.25, 0.3) is 11.8 Å². The number of hydrogen-bond donors (Lipinski definition) is 2. The quantitative estimate of drug-likeness (QED) is 0.327. The zero-order valence-corrected chi connectivity index (χ0v) is 19.1. The number of anilines is 2. The first-order valence-electron chi connectivity index (χ1n) is 9.82. The van der Waals surface area contributed by atoms with E-state index in [0.29, 0.717) is 27.7 Å². The highest BCUT2D eigenvalue weighted by atomic mass is 35.5. The Bertz CT molecular complexity index is 1230. The van der Waals surface area contributed by atoms with Crippen molar-refractivity contribution < 1.29 is 14.3 Å². The highest BCUT2D eigenvalue weighted by Gasteiger charge is 2.13. The molecule has 3 aromatic carbocycles. The van der Waals surface area contributed by atoms with Crippen LogP contribution in [0.15, 0.2) is 72.3 Å². The molecule has 0 aromatic heterocycles. The summed E-state index contributed by atoms with van der Waals surface area (Å²) in [6, 6.07) is 20.8. The van der Waals surface area contributed by atoms with Gasteiger partial charge in [-0.2, -0.15) is 5.26 Å². The fourth-order valence-corrected chi connectivity index (χ4v) is 3.10. The smallest absolute Gasteiger partial charge is 0.266 e. The van der Waals surface area contributed by atoms with Crippen LogP contribution in [-0.2, 0) is 9.59 Å². The molecule has 0 heterocycles. The molecule has 3 rings (SSSR count). The molecule has 3 aromatic rings. The van der Waals surface area contributed by atoms with E-state index in [4.69, 9.17) is 27.9 Å². The fourth-order valence-electron chi connectivity index (χ4n) is 2.75. The van der Waals surface area contributed by atoms with Gasteiger partial charge in [-0.3, -0.25) is 9.59 Å². The second-order valence-corrected chi connectivity index (χ2v) is 7.78. The number of nitrogens with one attached hydrogen (secondary N) is 2. The molecule has 2 amide bonds. The third kappa shape index (κ3) is 6.84. The summed E-state index contributed by atoms with van der Waals surface area (Å²) in [5.41, 5.74) is 2.59. The summed E-state index contributed by atoms with van der Waals surface area (Å²) < 4.78 is 5.50. The van der Waals surface area contributed by atoms with Crippen LogP contribution >= 0.6 is 23.2 Å². The zero-order chi connectivity index (χ0) is 23.8. The normalized spacial score (nSPS) is 10.8. The fraction of sp³-hybridized carbons (Fsp3) is 0.0800. The molecule has 166 valence electrons. The largest absolute Gasteiger partial charge is 0.484 e. The summed E-state index contributed by atoms with van der Waals surface area (Å²) in [7, 11) is 0. The molecular formula is C25H19Cl2N3O3. The van der Waals surface area contributed by atoms with Crippen molar-refractivity contribution in [1.82, 2.24) is 0 Å². The van der Waals surface area contributed by atoms with Gasteiger partial charge in [-0.1, -0.05) is 59.1 Å². The summed E-state index contributed by atoms with van der Waals surface area (Å²) in [6.45, 7) is 1.81. The van der Waals surface area contributed by atoms with Crippen LogP contribution < -0.4 is 15.4 Å². The molecule has 0 saturated heterocycles. The van der Waals surface area contributed by atoms with E-state index in [-0.39, 0.29) is 23.1 Å². The number of rotatable bonds is 7. The van der Waals surface area contributed by atoms with Crippen LogP contribution in [0.1, 0.15) is 11.1 Å². The first-order valence-corrected chi connectivity index (χ1v) is 10.6. The Kier molecular flexibility index (Phi) is 8.09. The Morgan fingerprint density at radius 2 is 1.70 bits per heavy atom. The number of hydrogen-bond acceptors (Lipinski definition) is 4. The number of benzene rings is 3. The SMILES string of the molecule is Cc1ccc(NC(=O)COc2ccc(/C=C(\C#N)C(=O)Nc3cccc(Cl)c3Cl)cc2)cc1. The number of nitrogens with zero attached hydrogens (tertiary/aromatic N) is 1. The highest BCUT2D eigenvalue weighted by molar-refractivity contribution is 6.44. The van der Waals surface area contributed by atoms with Crippen molar-refractivity contribution in [2.75, 3.05) is 17.2 Å². The molecule has 0 unspecified atom stereocenters. The van der Waals surface area contributed by atoms with E-state index in [1.54, 1.807) is 42.5 Å².